The minimum atomic E-state index is -2.21. The summed E-state index contributed by atoms with van der Waals surface area (Å²) in [6, 6.07) is 32.3. The van der Waals surface area contributed by atoms with Gasteiger partial charge in [0, 0.05) is 0 Å². The fourth-order valence-corrected chi connectivity index (χ4v) is 8.56. The molecule has 4 heteroatoms. The summed E-state index contributed by atoms with van der Waals surface area (Å²) < 4.78 is 4.86. The molecule has 0 radical (unpaired) electrons. The molecular weight excluding hydrogens is 419 g/mol. The van der Waals surface area contributed by atoms with E-state index in [-0.39, 0.29) is 23.0 Å². The number of halogens is 1. The molecule has 0 aliphatic carbocycles. The van der Waals surface area contributed by atoms with E-state index in [9.17, 15) is 4.79 Å². The van der Waals surface area contributed by atoms with Gasteiger partial charge in [0.05, 0.1) is 0 Å². The molecule has 0 saturated heterocycles. The Balaban J connectivity index is 0.00000261. The molecule has 0 aliphatic heterocycles. The van der Waals surface area contributed by atoms with Gasteiger partial charge in [-0.25, -0.2) is 0 Å². The number of hydrogen-bond acceptors (Lipinski definition) is 2. The number of methoxy groups -OCH3 is 1. The minimum absolute atomic E-state index is 0. The third kappa shape index (κ3) is 4.86. The molecule has 3 aromatic rings. The van der Waals surface area contributed by atoms with E-state index in [0.29, 0.717) is 6.42 Å². The summed E-state index contributed by atoms with van der Waals surface area (Å²) in [5, 5.41) is 4.13. The maximum absolute atomic E-state index is 11.7. The van der Waals surface area contributed by atoms with Gasteiger partial charge in [0.25, 0.3) is 0 Å². The van der Waals surface area contributed by atoms with Crippen LogP contribution in [0.4, 0.5) is 0 Å². The molecular formula is C23H26BrO2P. The topological polar surface area (TPSA) is 26.3 Å². The zero-order valence-corrected chi connectivity index (χ0v) is 18.2. The second-order valence-corrected chi connectivity index (χ2v) is 10.5. The number of hydrogen-bond donors (Lipinski definition) is 0. The van der Waals surface area contributed by atoms with Crippen molar-refractivity contribution in [3.8, 4) is 0 Å². The summed E-state index contributed by atoms with van der Waals surface area (Å²) in [6.07, 6.45) is 2.25. The number of ether oxygens (including phenoxy) is 1. The van der Waals surface area contributed by atoms with Gasteiger partial charge in [0.2, 0.25) is 0 Å². The monoisotopic (exact) mass is 444 g/mol. The molecule has 0 unspecified atom stereocenters. The number of rotatable bonds is 7. The van der Waals surface area contributed by atoms with Crippen molar-refractivity contribution in [3.05, 3.63) is 91.0 Å². The zero-order valence-electron chi connectivity index (χ0n) is 15.5. The molecule has 0 aromatic heterocycles. The number of carbonyl (C=O) groups excluding carboxylic acids is 1. The van der Waals surface area contributed by atoms with Crippen molar-refractivity contribution < 1.29 is 9.53 Å². The van der Waals surface area contributed by atoms with Crippen molar-refractivity contribution in [2.75, 3.05) is 13.3 Å². The summed E-state index contributed by atoms with van der Waals surface area (Å²) in [5.74, 6) is -0.137. The molecule has 3 rings (SSSR count). The first kappa shape index (κ1) is 21.3. The molecule has 0 N–H and O–H groups in total. The SMILES string of the molecule is Br.COC(=O)CCC[PH](c1ccccc1)(c1ccccc1)c1ccccc1. The molecule has 0 spiro atoms. The van der Waals surface area contributed by atoms with Crippen LogP contribution in [0.5, 0.6) is 0 Å². The molecule has 3 aromatic carbocycles. The molecule has 142 valence electrons. The average Bonchev–Trinajstić information content (AvgIpc) is 2.73. The quantitative estimate of drug-likeness (QED) is 0.402. The predicted molar refractivity (Wildman–Crippen MR) is 123 cm³/mol. The van der Waals surface area contributed by atoms with E-state index in [0.717, 1.165) is 12.6 Å². The summed E-state index contributed by atoms with van der Waals surface area (Å²) in [5.41, 5.74) is 0. The van der Waals surface area contributed by atoms with E-state index in [2.05, 4.69) is 91.0 Å². The van der Waals surface area contributed by atoms with Crippen LogP contribution in [0, 0.1) is 0 Å². The third-order valence-electron chi connectivity index (χ3n) is 4.96. The predicted octanol–water partition coefficient (Wildman–Crippen LogP) is 4.24. The summed E-state index contributed by atoms with van der Waals surface area (Å²) in [4.78, 5) is 11.7. The van der Waals surface area contributed by atoms with Crippen LogP contribution in [0.3, 0.4) is 0 Å². The van der Waals surface area contributed by atoms with Crippen LogP contribution in [0.25, 0.3) is 0 Å². The van der Waals surface area contributed by atoms with Gasteiger partial charge in [-0.3, -0.25) is 0 Å². The molecule has 0 fully saturated rings. The van der Waals surface area contributed by atoms with Crippen molar-refractivity contribution in [2.24, 2.45) is 0 Å². The zero-order chi connectivity index (χ0) is 18.2. The summed E-state index contributed by atoms with van der Waals surface area (Å²) >= 11 is 0. The fraction of sp³-hybridized carbons (Fsp3) is 0.174. The second-order valence-electron chi connectivity index (χ2n) is 6.43. The van der Waals surface area contributed by atoms with Crippen molar-refractivity contribution >= 4 is 46.1 Å². The molecule has 0 saturated carbocycles. The Morgan fingerprint density at radius 3 is 1.44 bits per heavy atom. The number of carbonyl (C=O) groups is 1. The Morgan fingerprint density at radius 1 is 0.741 bits per heavy atom. The first-order chi connectivity index (χ1) is 12.8. The third-order valence-corrected chi connectivity index (χ3v) is 10.0. The van der Waals surface area contributed by atoms with Gasteiger partial charge in [0.1, 0.15) is 0 Å². The Hall–Kier alpha value is -1.96. The Kier molecular flexibility index (Phi) is 8.22. The van der Waals surface area contributed by atoms with Crippen LogP contribution < -0.4 is 15.9 Å². The van der Waals surface area contributed by atoms with Gasteiger partial charge in [-0.15, -0.1) is 17.0 Å². The fourth-order valence-electron chi connectivity index (χ4n) is 3.70. The molecule has 0 heterocycles. The Bertz CT molecular complexity index is 726. The Labute approximate surface area is 172 Å². The second kappa shape index (κ2) is 10.4. The van der Waals surface area contributed by atoms with Crippen molar-refractivity contribution in [2.45, 2.75) is 12.8 Å². The number of benzene rings is 3. The van der Waals surface area contributed by atoms with Gasteiger partial charge < -0.3 is 0 Å². The van der Waals surface area contributed by atoms with Gasteiger partial charge in [-0.1, -0.05) is 0 Å². The van der Waals surface area contributed by atoms with Crippen molar-refractivity contribution in [3.63, 3.8) is 0 Å². The van der Waals surface area contributed by atoms with Crippen molar-refractivity contribution in [1.82, 2.24) is 0 Å². The van der Waals surface area contributed by atoms with Crippen LogP contribution in [0.1, 0.15) is 12.8 Å². The van der Waals surface area contributed by atoms with Crippen LogP contribution in [0.2, 0.25) is 0 Å². The Morgan fingerprint density at radius 2 is 1.11 bits per heavy atom. The average molecular weight is 445 g/mol. The molecule has 0 aliphatic rings. The molecule has 0 amide bonds. The van der Waals surface area contributed by atoms with Crippen LogP contribution in [-0.4, -0.2) is 19.2 Å². The van der Waals surface area contributed by atoms with Gasteiger partial charge in [-0.2, -0.15) is 0 Å². The summed E-state index contributed by atoms with van der Waals surface area (Å²) in [6.45, 7) is 0. The van der Waals surface area contributed by atoms with Crippen LogP contribution in [-0.2, 0) is 9.53 Å². The van der Waals surface area contributed by atoms with Crippen molar-refractivity contribution in [1.29, 1.82) is 0 Å². The van der Waals surface area contributed by atoms with E-state index in [1.54, 1.807) is 0 Å². The van der Waals surface area contributed by atoms with Gasteiger partial charge in [0.15, 0.2) is 0 Å². The normalized spacial score (nSPS) is 11.3. The molecule has 27 heavy (non-hydrogen) atoms. The van der Waals surface area contributed by atoms with Crippen LogP contribution in [0.15, 0.2) is 91.0 Å². The van der Waals surface area contributed by atoms with E-state index in [4.69, 9.17) is 4.74 Å². The maximum atomic E-state index is 11.7. The number of esters is 1. The van der Waals surface area contributed by atoms with E-state index in [1.807, 2.05) is 0 Å². The first-order valence-electron chi connectivity index (χ1n) is 9.01. The van der Waals surface area contributed by atoms with E-state index < -0.39 is 7.26 Å². The van der Waals surface area contributed by atoms with E-state index >= 15 is 0 Å². The molecule has 2 nitrogen and oxygen atoms in total. The molecule has 0 bridgehead atoms. The van der Waals surface area contributed by atoms with Crippen LogP contribution >= 0.6 is 24.2 Å². The first-order valence-corrected chi connectivity index (χ1v) is 11.2. The standard InChI is InChI=1S/C23H25O2P.BrH/c1-25-23(24)18-11-19-26(20-12-5-2-6-13-20,21-14-7-3-8-15-21)22-16-9-4-10-17-22;/h2-10,12-17,26H,11,18-19H2,1H3;1H. The summed E-state index contributed by atoms with van der Waals surface area (Å²) in [7, 11) is -0.754. The van der Waals surface area contributed by atoms with Gasteiger partial charge >= 0.3 is 156 Å². The molecule has 0 atom stereocenters. The van der Waals surface area contributed by atoms with Gasteiger partial charge in [-0.05, 0) is 0 Å². The van der Waals surface area contributed by atoms with E-state index in [1.165, 1.54) is 23.0 Å².